The van der Waals surface area contributed by atoms with E-state index < -0.39 is 22.7 Å². The third kappa shape index (κ3) is 1.08. The van der Waals surface area contributed by atoms with E-state index in [4.69, 9.17) is 0 Å². The Morgan fingerprint density at radius 2 is 2.67 bits per heavy atom. The average Bonchev–Trinajstić information content (AvgIpc) is 1.86. The number of hydrogen-bond acceptors (Lipinski definition) is 2. The molecule has 0 saturated carbocycles. The number of nitrogens with zero attached hydrogens (tertiary/aromatic N) is 2. The Balaban J connectivity index is 2.60. The zero-order chi connectivity index (χ0) is 4.41. The molecule has 1 aliphatic rings. The van der Waals surface area contributed by atoms with Crippen molar-refractivity contribution < 1.29 is 0 Å². The molecule has 0 spiro atoms. The van der Waals surface area contributed by atoms with Crippen LogP contribution in [0.5, 0.6) is 0 Å². The van der Waals surface area contributed by atoms with Crippen LogP contribution in [-0.2, 0) is 0 Å². The Kier molecular flexibility index (Phi) is 1.71. The van der Waals surface area contributed by atoms with Crippen LogP contribution in [0.1, 0.15) is 0 Å². The van der Waals surface area contributed by atoms with E-state index in [9.17, 15) is 0 Å². The number of rotatable bonds is 0. The van der Waals surface area contributed by atoms with Crippen LogP contribution in [0.3, 0.4) is 0 Å². The third-order valence-electron chi connectivity index (χ3n) is 0.472. The van der Waals surface area contributed by atoms with E-state index in [1.807, 2.05) is 6.20 Å². The third-order valence-corrected chi connectivity index (χ3v) is 3.93. The molecular weight excluding hydrogens is 247 g/mol. The standard InChI is InChI=1S/C2H2BrN2.In/c1-2-5(3)4;/h1-2H;. The fourth-order valence-corrected chi connectivity index (χ4v) is 3.30. The van der Waals surface area contributed by atoms with E-state index in [1.165, 1.54) is 0 Å². The first-order chi connectivity index (χ1) is 2.89. The second-order valence-electron chi connectivity index (χ2n) is 0.895. The van der Waals surface area contributed by atoms with Gasteiger partial charge in [-0.1, -0.05) is 0 Å². The van der Waals surface area contributed by atoms with Crippen LogP contribution in [0.25, 0.3) is 0 Å². The molecule has 0 unspecified atom stereocenters. The van der Waals surface area contributed by atoms with Crippen LogP contribution in [0.15, 0.2) is 13.1 Å². The van der Waals surface area contributed by atoms with Gasteiger partial charge in [-0.25, -0.2) is 0 Å². The van der Waals surface area contributed by atoms with E-state index in [2.05, 4.69) is 23.0 Å². The van der Waals surface area contributed by atoms with Gasteiger partial charge in [-0.3, -0.25) is 0 Å². The molecule has 0 N–H and O–H groups in total. The summed E-state index contributed by atoms with van der Waals surface area (Å²) in [6.07, 6.45) is 1.95. The summed E-state index contributed by atoms with van der Waals surface area (Å²) in [4.78, 5) is 0. The summed E-state index contributed by atoms with van der Waals surface area (Å²) in [6.45, 7) is 0. The molecular formula is C2H2BrInN2. The van der Waals surface area contributed by atoms with Crippen molar-refractivity contribution in [3.8, 4) is 0 Å². The van der Waals surface area contributed by atoms with Gasteiger partial charge in [0.15, 0.2) is 0 Å². The van der Waals surface area contributed by atoms with Gasteiger partial charge in [-0.05, 0) is 0 Å². The van der Waals surface area contributed by atoms with Crippen LogP contribution >= 0.6 is 16.1 Å². The van der Waals surface area contributed by atoms with Gasteiger partial charge in [0.1, 0.15) is 0 Å². The van der Waals surface area contributed by atoms with Gasteiger partial charge in [-0.2, -0.15) is 0 Å². The first kappa shape index (κ1) is 4.84. The van der Waals surface area contributed by atoms with Gasteiger partial charge in [0.2, 0.25) is 0 Å². The molecule has 0 atom stereocenters. The Bertz CT molecular complexity index is 87.7. The van der Waals surface area contributed by atoms with Crippen molar-refractivity contribution in [2.24, 2.45) is 3.03 Å². The second kappa shape index (κ2) is 2.12. The summed E-state index contributed by atoms with van der Waals surface area (Å²) in [5.74, 6) is 0. The van der Waals surface area contributed by atoms with E-state index >= 15 is 0 Å². The molecule has 2 nitrogen and oxygen atoms in total. The topological polar surface area (TPSA) is 15.6 Å². The van der Waals surface area contributed by atoms with Crippen LogP contribution in [-0.4, -0.2) is 26.8 Å². The minimum atomic E-state index is -0.546. The molecule has 1 heterocycles. The summed E-state index contributed by atoms with van der Waals surface area (Å²) in [5.41, 5.74) is 0. The van der Waals surface area contributed by atoms with Gasteiger partial charge in [0.05, 0.1) is 0 Å². The normalized spacial score (nSPS) is 15.8. The summed E-state index contributed by atoms with van der Waals surface area (Å²) < 4.78 is 7.92. The van der Waals surface area contributed by atoms with Crippen molar-refractivity contribution in [2.75, 3.05) is 0 Å². The SMILES string of the molecule is BrN1C=[CH][In]=[N]1. The van der Waals surface area contributed by atoms with Crippen molar-refractivity contribution in [2.45, 2.75) is 0 Å². The molecule has 6 heavy (non-hydrogen) atoms. The van der Waals surface area contributed by atoms with Gasteiger partial charge in [-0.15, -0.1) is 0 Å². The predicted octanol–water partition coefficient (Wildman–Crippen LogP) is 0.886. The van der Waals surface area contributed by atoms with E-state index in [1.54, 1.807) is 4.03 Å². The van der Waals surface area contributed by atoms with E-state index in [0.29, 0.717) is 0 Å². The number of halogens is 1. The van der Waals surface area contributed by atoms with Crippen molar-refractivity contribution >= 4 is 38.9 Å². The first-order valence-electron chi connectivity index (χ1n) is 1.55. The molecule has 0 fully saturated rings. The predicted molar refractivity (Wildman–Crippen MR) is 28.1 cm³/mol. The monoisotopic (exact) mass is 248 g/mol. The Labute approximate surface area is 55.8 Å². The Morgan fingerprint density at radius 3 is 2.83 bits per heavy atom. The maximum absolute atomic E-state index is 4.06. The maximum atomic E-state index is 4.06. The molecule has 30 valence electrons. The molecule has 0 aromatic rings. The molecule has 1 aliphatic heterocycles. The number of hydrogen-bond donors (Lipinski definition) is 0. The van der Waals surface area contributed by atoms with Crippen LogP contribution in [0, 0.1) is 0 Å². The van der Waals surface area contributed by atoms with Crippen molar-refractivity contribution in [1.82, 2.24) is 4.03 Å². The van der Waals surface area contributed by atoms with Crippen molar-refractivity contribution in [1.29, 1.82) is 0 Å². The van der Waals surface area contributed by atoms with Crippen LogP contribution in [0.2, 0.25) is 0 Å². The Morgan fingerprint density at radius 1 is 1.83 bits per heavy atom. The van der Waals surface area contributed by atoms with Gasteiger partial charge in [0.25, 0.3) is 0 Å². The fraction of sp³-hybridized carbons (Fsp3) is 0. The Hall–Kier alpha value is 0.690. The molecule has 0 bridgehead atoms. The summed E-state index contributed by atoms with van der Waals surface area (Å²) >= 11 is 2.62. The second-order valence-corrected chi connectivity index (χ2v) is 4.23. The summed E-state index contributed by atoms with van der Waals surface area (Å²) in [6, 6.07) is 0. The molecule has 0 aromatic carbocycles. The molecule has 1 rings (SSSR count). The zero-order valence-corrected chi connectivity index (χ0v) is 7.89. The fourth-order valence-electron chi connectivity index (χ4n) is 0.250. The van der Waals surface area contributed by atoms with Gasteiger partial charge >= 0.3 is 56.0 Å². The molecule has 0 amide bonds. The van der Waals surface area contributed by atoms with Gasteiger partial charge < -0.3 is 0 Å². The molecule has 0 aromatic heterocycles. The zero-order valence-electron chi connectivity index (χ0n) is 3.00. The first-order valence-corrected chi connectivity index (χ1v) is 5.64. The quantitative estimate of drug-likeness (QED) is 0.582. The molecule has 0 aliphatic carbocycles. The van der Waals surface area contributed by atoms with Crippen molar-refractivity contribution in [3.63, 3.8) is 0 Å². The minimum absolute atomic E-state index is 0.546. The average molecular weight is 249 g/mol. The molecule has 4 heteroatoms. The molecule has 0 saturated heterocycles. The van der Waals surface area contributed by atoms with Crippen LogP contribution in [0.4, 0.5) is 0 Å². The summed E-state index contributed by atoms with van der Waals surface area (Å²) in [5, 5.41) is 0. The molecule has 0 radical (unpaired) electrons. The van der Waals surface area contributed by atoms with Gasteiger partial charge in [0, 0.05) is 0 Å². The van der Waals surface area contributed by atoms with Crippen LogP contribution < -0.4 is 0 Å². The van der Waals surface area contributed by atoms with Crippen molar-refractivity contribution in [3.05, 3.63) is 10.0 Å². The van der Waals surface area contributed by atoms with E-state index in [0.717, 1.165) is 0 Å². The van der Waals surface area contributed by atoms with E-state index in [-0.39, 0.29) is 0 Å². The summed E-state index contributed by atoms with van der Waals surface area (Å²) in [7, 11) is 0.